The van der Waals surface area contributed by atoms with E-state index in [-0.39, 0.29) is 0 Å². The molecule has 7 aromatic heterocycles. The van der Waals surface area contributed by atoms with Crippen molar-refractivity contribution in [3.63, 3.8) is 0 Å². The number of hydrogen-bond donors (Lipinski definition) is 0. The zero-order valence-electron chi connectivity index (χ0n) is 43.7. The maximum atomic E-state index is 4.83. The highest BCUT2D eigenvalue weighted by Crippen LogP contribution is 2.36. The molecule has 0 aliphatic carbocycles. The van der Waals surface area contributed by atoms with Crippen molar-refractivity contribution >= 4 is 115 Å². The van der Waals surface area contributed by atoms with Crippen LogP contribution in [0.1, 0.15) is 117 Å². The van der Waals surface area contributed by atoms with Crippen LogP contribution in [0.25, 0.3) is 115 Å². The third kappa shape index (κ3) is 8.67. The Hall–Kier alpha value is -7.86. The van der Waals surface area contributed by atoms with Crippen molar-refractivity contribution in [2.24, 2.45) is 7.05 Å². The van der Waals surface area contributed by atoms with Gasteiger partial charge in [-0.25, -0.2) is 13.5 Å². The molecule has 6 aromatic carbocycles. The lowest BCUT2D eigenvalue weighted by atomic mass is 10.1. The van der Waals surface area contributed by atoms with Gasteiger partial charge in [0.1, 0.15) is 16.6 Å². The average Bonchev–Trinajstić information content (AvgIpc) is 4.39. The molecule has 12 heteroatoms. The first-order chi connectivity index (χ1) is 37.0. The summed E-state index contributed by atoms with van der Waals surface area (Å²) in [6.45, 7) is 6.51. The van der Waals surface area contributed by atoms with Crippen LogP contribution >= 0.6 is 0 Å². The maximum absolute atomic E-state index is 4.83. The van der Waals surface area contributed by atoms with Gasteiger partial charge in [0.2, 0.25) is 0 Å². The number of unbranched alkanes of at least 4 members (excludes halogenated alkanes) is 14. The molecule has 0 N–H and O–H groups in total. The minimum atomic E-state index is 0.814. The van der Waals surface area contributed by atoms with Crippen LogP contribution in [0.5, 0.6) is 0 Å². The van der Waals surface area contributed by atoms with E-state index in [4.69, 9.17) is 30.9 Å². The van der Waals surface area contributed by atoms with Gasteiger partial charge in [-0.1, -0.05) is 138 Å². The van der Waals surface area contributed by atoms with E-state index in [1.165, 1.54) is 134 Å². The van der Waals surface area contributed by atoms with Gasteiger partial charge in [-0.15, -0.1) is 15.3 Å². The molecule has 7 heterocycles. The van der Waals surface area contributed by atoms with Crippen LogP contribution in [-0.2, 0) is 20.1 Å². The Bertz CT molecular complexity index is 4110. The maximum Gasteiger partial charge on any atom is 0.113 e. The van der Waals surface area contributed by atoms with Crippen molar-refractivity contribution in [2.75, 3.05) is 0 Å². The Balaban J connectivity index is 0.996. The van der Waals surface area contributed by atoms with E-state index in [9.17, 15) is 0 Å². The zero-order chi connectivity index (χ0) is 50.4. The van der Waals surface area contributed by atoms with Gasteiger partial charge in [0.15, 0.2) is 0 Å². The highest BCUT2D eigenvalue weighted by atomic mass is 15.4. The fraction of sp³-hybridized carbons (Fsp3) is 0.333. The first kappa shape index (κ1) is 46.9. The van der Waals surface area contributed by atoms with Gasteiger partial charge >= 0.3 is 0 Å². The number of aromatic nitrogens is 12. The summed E-state index contributed by atoms with van der Waals surface area (Å²) in [6.07, 6.45) is 26.8. The molecule has 0 amide bonds. The Morgan fingerprint density at radius 3 is 1.00 bits per heavy atom. The summed E-state index contributed by atoms with van der Waals surface area (Å²) in [7, 11) is 2.14. The largest absolute Gasteiger partial charge is 0.344 e. The molecule has 12 nitrogen and oxygen atoms in total. The number of rotatable bonds is 18. The van der Waals surface area contributed by atoms with E-state index in [0.717, 1.165) is 97.0 Å². The lowest BCUT2D eigenvalue weighted by Crippen LogP contribution is -1.98. The van der Waals surface area contributed by atoms with Gasteiger partial charge in [0.25, 0.3) is 0 Å². The van der Waals surface area contributed by atoms with Crippen LogP contribution in [0.3, 0.4) is 0 Å². The van der Waals surface area contributed by atoms with Crippen molar-refractivity contribution in [2.45, 2.75) is 130 Å². The second kappa shape index (κ2) is 20.1. The number of fused-ring (bicyclic) bond motifs is 18. The molecule has 0 saturated carbocycles. The SMILES string of the molecule is CCCCCCCCCCn1c2ccc3cc2c2cc(ccc21)n1cc(nn1)c1ccc2c(c1)c1cc(ccc1n2C)n1cc(nn1)c1ccc2c(c1)c1cc(ccc1n2CCCCCCCCCC)n1cc3nn1. The predicted molar refractivity (Wildman–Crippen MR) is 310 cm³/mol. The summed E-state index contributed by atoms with van der Waals surface area (Å²) >= 11 is 0. The molecule has 0 fully saturated rings. The Kier molecular flexibility index (Phi) is 12.6. The summed E-state index contributed by atoms with van der Waals surface area (Å²) < 4.78 is 13.1. The van der Waals surface area contributed by atoms with E-state index in [1.54, 1.807) is 0 Å². The normalized spacial score (nSPS) is 12.4. The summed E-state index contributed by atoms with van der Waals surface area (Å²) in [4.78, 5) is 0. The van der Waals surface area contributed by atoms with Crippen LogP contribution in [0.15, 0.2) is 128 Å². The van der Waals surface area contributed by atoms with Gasteiger partial charge in [-0.3, -0.25) is 0 Å². The van der Waals surface area contributed by atoms with Crippen molar-refractivity contribution in [1.29, 1.82) is 0 Å². The number of hydrogen-bond acceptors (Lipinski definition) is 6. The van der Waals surface area contributed by atoms with Gasteiger partial charge in [-0.05, 0) is 104 Å². The lowest BCUT2D eigenvalue weighted by molar-refractivity contribution is 0.553. The molecule has 0 aliphatic heterocycles. The molecule has 13 aromatic rings. The second-order valence-electron chi connectivity index (χ2n) is 21.3. The van der Waals surface area contributed by atoms with Gasteiger partial charge in [0, 0.05) is 102 Å². The number of nitrogens with zero attached hydrogens (tertiary/aromatic N) is 12. The highest BCUT2D eigenvalue weighted by Gasteiger charge is 2.16. The van der Waals surface area contributed by atoms with Gasteiger partial charge < -0.3 is 13.7 Å². The first-order valence-electron chi connectivity index (χ1n) is 27.9. The molecule has 0 spiro atoms. The average molecular weight is 991 g/mol. The summed E-state index contributed by atoms with van der Waals surface area (Å²) in [5.41, 5.74) is 12.5. The Morgan fingerprint density at radius 1 is 0.320 bits per heavy atom. The van der Waals surface area contributed by atoms with E-state index in [2.05, 4.69) is 162 Å². The standard InChI is InChI=1S/C63H66N12/c1-4-6-8-10-12-14-16-18-32-71-60-27-21-44-35-50(60)54-39-48(25-31-63(54)71)75-42-57(66-69-75)45-22-28-61-51(36-45)53-38-47(24-30-62(53)72(61)33-19-17-15-13-11-9-7-5-2)74-40-55(64-68-74)43-20-26-58-49(34-43)52-37-46(23-29-59(52)70(58)3)73-41-56(44)65-67-73/h20-31,34-42H,4-19,32-33H2,1-3H3. The molecular formula is C63H66N12. The zero-order valence-corrected chi connectivity index (χ0v) is 43.7. The fourth-order valence-corrected chi connectivity index (χ4v) is 12.2. The smallest absolute Gasteiger partial charge is 0.113 e. The van der Waals surface area contributed by atoms with Gasteiger partial charge in [0.05, 0.1) is 35.1 Å². The van der Waals surface area contributed by atoms with Crippen LogP contribution in [0.4, 0.5) is 0 Å². The van der Waals surface area contributed by atoms with Crippen LogP contribution in [0.2, 0.25) is 0 Å². The van der Waals surface area contributed by atoms with Crippen molar-refractivity contribution < 1.29 is 0 Å². The van der Waals surface area contributed by atoms with Crippen molar-refractivity contribution in [3.05, 3.63) is 128 Å². The van der Waals surface area contributed by atoms with Gasteiger partial charge in [-0.2, -0.15) is 0 Å². The summed E-state index contributed by atoms with van der Waals surface area (Å²) in [5, 5.41) is 38.7. The van der Waals surface area contributed by atoms with E-state index < -0.39 is 0 Å². The fourth-order valence-electron chi connectivity index (χ4n) is 12.2. The van der Waals surface area contributed by atoms with E-state index in [1.807, 2.05) is 13.5 Å². The van der Waals surface area contributed by atoms with Crippen molar-refractivity contribution in [3.8, 4) is 0 Å². The first-order valence-corrected chi connectivity index (χ1v) is 27.9. The molecule has 378 valence electrons. The molecule has 0 radical (unpaired) electrons. The molecule has 18 bridgehead atoms. The number of aryl methyl sites for hydroxylation is 3. The minimum absolute atomic E-state index is 0.814. The molecular weight excluding hydrogens is 925 g/mol. The molecule has 0 atom stereocenters. The van der Waals surface area contributed by atoms with E-state index in [0.29, 0.717) is 0 Å². The highest BCUT2D eigenvalue weighted by molar-refractivity contribution is 6.14. The van der Waals surface area contributed by atoms with E-state index >= 15 is 0 Å². The summed E-state index contributed by atoms with van der Waals surface area (Å²) in [6, 6.07) is 40.3. The monoisotopic (exact) mass is 991 g/mol. The Labute approximate surface area is 435 Å². The quantitative estimate of drug-likeness (QED) is 0.0793. The third-order valence-electron chi connectivity index (χ3n) is 16.3. The van der Waals surface area contributed by atoms with Crippen LogP contribution in [0, 0.1) is 0 Å². The topological polar surface area (TPSA) is 105 Å². The number of benzene rings is 6. The Morgan fingerprint density at radius 2 is 0.613 bits per heavy atom. The lowest BCUT2D eigenvalue weighted by Gasteiger charge is -2.08. The molecule has 0 saturated heterocycles. The predicted octanol–water partition coefficient (Wildman–Crippen LogP) is 16.1. The molecule has 13 rings (SSSR count). The molecule has 0 aliphatic rings. The summed E-state index contributed by atoms with van der Waals surface area (Å²) in [5.74, 6) is 0. The van der Waals surface area contributed by atoms with Crippen LogP contribution in [-0.4, -0.2) is 58.2 Å². The molecule has 75 heavy (non-hydrogen) atoms. The minimum Gasteiger partial charge on any atom is -0.344 e. The van der Waals surface area contributed by atoms with Crippen LogP contribution < -0.4 is 0 Å². The second-order valence-corrected chi connectivity index (χ2v) is 21.3. The van der Waals surface area contributed by atoms with Crippen molar-refractivity contribution in [1.82, 2.24) is 58.2 Å². The molecule has 0 unspecified atom stereocenters. The third-order valence-corrected chi connectivity index (χ3v) is 16.3.